The summed E-state index contributed by atoms with van der Waals surface area (Å²) in [5.74, 6) is 0.318. The highest BCUT2D eigenvalue weighted by atomic mass is 35.5. The summed E-state index contributed by atoms with van der Waals surface area (Å²) in [5.41, 5.74) is 3.93. The molecule has 4 atom stereocenters. The Morgan fingerprint density at radius 2 is 1.52 bits per heavy atom. The summed E-state index contributed by atoms with van der Waals surface area (Å²) < 4.78 is 29.1. The van der Waals surface area contributed by atoms with Crippen molar-refractivity contribution >= 4 is 41.2 Å². The second-order valence-electron chi connectivity index (χ2n) is 16.0. The van der Waals surface area contributed by atoms with Crippen molar-refractivity contribution in [1.82, 2.24) is 9.80 Å². The van der Waals surface area contributed by atoms with Crippen molar-refractivity contribution in [2.45, 2.75) is 64.0 Å². The molecule has 318 valence electrons. The van der Waals surface area contributed by atoms with Gasteiger partial charge in [-0.1, -0.05) is 59.6 Å². The van der Waals surface area contributed by atoms with Gasteiger partial charge in [-0.3, -0.25) is 9.59 Å². The van der Waals surface area contributed by atoms with Crippen LogP contribution in [-0.4, -0.2) is 85.5 Å². The van der Waals surface area contributed by atoms with Crippen LogP contribution in [0, 0.1) is 24.7 Å². The largest absolute Gasteiger partial charge is 0.493 e. The van der Waals surface area contributed by atoms with Gasteiger partial charge in [-0.05, 0) is 122 Å². The summed E-state index contributed by atoms with van der Waals surface area (Å²) in [6.07, 6.45) is 4.08. The molecule has 0 spiro atoms. The molecule has 1 heterocycles. The number of rotatable bonds is 19. The van der Waals surface area contributed by atoms with Crippen LogP contribution in [0.25, 0.3) is 0 Å². The van der Waals surface area contributed by atoms with Gasteiger partial charge in [0.2, 0.25) is 5.91 Å². The highest BCUT2D eigenvalue weighted by Crippen LogP contribution is 2.41. The van der Waals surface area contributed by atoms with Gasteiger partial charge in [-0.15, -0.1) is 0 Å². The average Bonchev–Trinajstić information content (AvgIpc) is 4.18. The number of hydrogen-bond acceptors (Lipinski definition) is 8. The third-order valence-corrected chi connectivity index (χ3v) is 11.9. The van der Waals surface area contributed by atoms with Crippen LogP contribution in [0.3, 0.4) is 0 Å². The fourth-order valence-electron chi connectivity index (χ4n) is 7.95. The highest BCUT2D eigenvalue weighted by Gasteiger charge is 2.44. The van der Waals surface area contributed by atoms with Crippen LogP contribution in [0.5, 0.6) is 23.0 Å². The smallest absolute Gasteiger partial charge is 0.415 e. The molecule has 1 aliphatic heterocycles. The first kappa shape index (κ1) is 43.1. The molecule has 13 heteroatoms. The first-order valence-electron chi connectivity index (χ1n) is 20.7. The van der Waals surface area contributed by atoms with Crippen LogP contribution in [0.15, 0.2) is 84.9 Å². The van der Waals surface area contributed by atoms with Gasteiger partial charge in [0, 0.05) is 45.3 Å². The number of carbonyl (C=O) groups is 3. The number of aliphatic carboxylic acids is 1. The Balaban J connectivity index is 1.08. The van der Waals surface area contributed by atoms with Gasteiger partial charge in [-0.2, -0.15) is 0 Å². The first-order valence-corrected chi connectivity index (χ1v) is 21.4. The Labute approximate surface area is 361 Å². The highest BCUT2D eigenvalue weighted by molar-refractivity contribution is 6.37. The van der Waals surface area contributed by atoms with E-state index in [0.717, 1.165) is 47.9 Å². The van der Waals surface area contributed by atoms with Gasteiger partial charge in [-0.25, -0.2) is 4.79 Å². The van der Waals surface area contributed by atoms with Gasteiger partial charge in [0.15, 0.2) is 5.75 Å². The quantitative estimate of drug-likeness (QED) is 0.0920. The van der Waals surface area contributed by atoms with Crippen molar-refractivity contribution in [2.75, 3.05) is 46.6 Å². The summed E-state index contributed by atoms with van der Waals surface area (Å²) >= 11 is 12.7. The van der Waals surface area contributed by atoms with E-state index in [4.69, 9.17) is 46.9 Å². The fraction of sp³-hybridized carbons (Fsp3) is 0.426. The monoisotopic (exact) mass is 858 g/mol. The Morgan fingerprint density at radius 1 is 0.800 bits per heavy atom. The van der Waals surface area contributed by atoms with Gasteiger partial charge in [0.05, 0.1) is 28.5 Å². The number of hydrogen-bond donors (Lipinski definition) is 1. The number of benzene rings is 4. The van der Waals surface area contributed by atoms with Gasteiger partial charge in [0.25, 0.3) is 0 Å². The zero-order valence-electron chi connectivity index (χ0n) is 34.0. The van der Waals surface area contributed by atoms with Crippen molar-refractivity contribution in [3.8, 4) is 23.0 Å². The number of halogens is 2. The number of aryl methyl sites for hydroxylation is 2. The zero-order chi connectivity index (χ0) is 42.2. The molecule has 0 radical (unpaired) electrons. The number of ether oxygens (including phenoxy) is 5. The predicted octanol–water partition coefficient (Wildman–Crippen LogP) is 9.23. The Morgan fingerprint density at radius 3 is 2.20 bits per heavy atom. The van der Waals surface area contributed by atoms with Crippen molar-refractivity contribution < 1.29 is 43.2 Å². The minimum Gasteiger partial charge on any atom is -0.493 e. The van der Waals surface area contributed by atoms with Crippen molar-refractivity contribution in [1.29, 1.82) is 0 Å². The maximum absolute atomic E-state index is 15.0. The third-order valence-electron chi connectivity index (χ3n) is 11.4. The molecule has 1 saturated heterocycles. The summed E-state index contributed by atoms with van der Waals surface area (Å²) in [4.78, 5) is 43.6. The molecule has 3 aliphatic rings. The molecule has 4 aromatic rings. The molecule has 0 bridgehead atoms. The number of methoxy groups -OCH3 is 1. The van der Waals surface area contributed by atoms with E-state index in [-0.39, 0.29) is 49.5 Å². The molecular weight excluding hydrogens is 807 g/mol. The van der Waals surface area contributed by atoms with Gasteiger partial charge in [0.1, 0.15) is 30.5 Å². The van der Waals surface area contributed by atoms with Crippen LogP contribution >= 0.6 is 23.2 Å². The number of nitrogens with zero attached hydrogens (tertiary/aromatic N) is 2. The maximum atomic E-state index is 15.0. The number of likely N-dealkylation sites (tertiary alicyclic amines) is 1. The minimum atomic E-state index is -0.787. The SMILES string of the molecule is COCCCc1cc(CN(C(=O)[C@H]2CN(C(=O)Oc3ccccc3)CC[C@@H]2c2ccc(OCCOc3c(Cl)cc(C)cc3Cl)cc2)C2CC2)cc(OC[C@@H]2C[C@H]2C(=O)O)c1. The molecule has 11 nitrogen and oxygen atoms in total. The standard InChI is InChI=1S/C47H52Cl2N2O9/c1-30-21-42(48)44(43(49)22-30)58-20-19-57-36-14-10-33(11-15-36)39-16-17-50(47(55)60-37-8-4-3-5-9-37)28-41(39)45(52)51(35-12-13-35)27-32-23-31(7-6-18-56-2)24-38(25-32)59-29-34-26-40(34)46(53)54/h3-5,8-11,14-15,21-25,34-35,39-41H,6-7,12-13,16-20,26-29H2,1-2H3,(H,53,54)/t34-,39+,40+,41-/m0/s1. The maximum Gasteiger partial charge on any atom is 0.415 e. The molecule has 7 rings (SSSR count). The Kier molecular flexibility index (Phi) is 14.4. The van der Waals surface area contributed by atoms with E-state index in [9.17, 15) is 14.7 Å². The number of piperidine rings is 1. The van der Waals surface area contributed by atoms with Crippen LogP contribution in [0.4, 0.5) is 4.79 Å². The van der Waals surface area contributed by atoms with Gasteiger partial charge < -0.3 is 38.6 Å². The lowest BCUT2D eigenvalue weighted by atomic mass is 9.79. The van der Waals surface area contributed by atoms with Crippen LogP contribution in [0.2, 0.25) is 10.0 Å². The molecule has 2 amide bonds. The number of carboxylic acids is 1. The number of para-hydroxylation sites is 1. The second-order valence-corrected chi connectivity index (χ2v) is 16.8. The van der Waals surface area contributed by atoms with Crippen molar-refractivity contribution in [3.05, 3.63) is 117 Å². The van der Waals surface area contributed by atoms with Gasteiger partial charge >= 0.3 is 12.1 Å². The molecule has 3 fully saturated rings. The summed E-state index contributed by atoms with van der Waals surface area (Å²) in [5, 5.41) is 10.3. The second kappa shape index (κ2) is 20.1. The Bertz CT molecular complexity index is 2090. The van der Waals surface area contributed by atoms with E-state index in [0.29, 0.717) is 72.2 Å². The van der Waals surface area contributed by atoms with E-state index in [1.807, 2.05) is 66.4 Å². The molecule has 2 aliphatic carbocycles. The molecule has 60 heavy (non-hydrogen) atoms. The molecule has 1 N–H and O–H groups in total. The molecule has 2 saturated carbocycles. The third kappa shape index (κ3) is 11.4. The van der Waals surface area contributed by atoms with E-state index in [2.05, 4.69) is 6.07 Å². The number of carbonyl (C=O) groups excluding carboxylic acids is 2. The van der Waals surface area contributed by atoms with Crippen LogP contribution in [-0.2, 0) is 27.3 Å². The Hall–Kier alpha value is -4.97. The summed E-state index contributed by atoms with van der Waals surface area (Å²) in [6, 6.07) is 26.5. The lowest BCUT2D eigenvalue weighted by Crippen LogP contribution is -2.50. The topological polar surface area (TPSA) is 124 Å². The normalized spacial score (nSPS) is 19.6. The van der Waals surface area contributed by atoms with E-state index in [1.165, 1.54) is 0 Å². The number of amides is 2. The fourth-order valence-corrected chi connectivity index (χ4v) is 8.65. The van der Waals surface area contributed by atoms with E-state index < -0.39 is 18.0 Å². The summed E-state index contributed by atoms with van der Waals surface area (Å²) in [7, 11) is 1.68. The van der Waals surface area contributed by atoms with E-state index >= 15 is 4.79 Å². The summed E-state index contributed by atoms with van der Waals surface area (Å²) in [6.45, 7) is 4.37. The van der Waals surface area contributed by atoms with E-state index in [1.54, 1.807) is 36.3 Å². The minimum absolute atomic E-state index is 0.00894. The first-order chi connectivity index (χ1) is 29.1. The predicted molar refractivity (Wildman–Crippen MR) is 228 cm³/mol. The van der Waals surface area contributed by atoms with Crippen LogP contribution < -0.4 is 18.9 Å². The molecule has 0 unspecified atom stereocenters. The van der Waals surface area contributed by atoms with Crippen LogP contribution in [0.1, 0.15) is 60.3 Å². The number of carboxylic acid groups (broad SMARTS) is 1. The lowest BCUT2D eigenvalue weighted by molar-refractivity contribution is -0.139. The van der Waals surface area contributed by atoms with Crippen molar-refractivity contribution in [2.24, 2.45) is 17.8 Å². The molecule has 0 aromatic heterocycles. The lowest BCUT2D eigenvalue weighted by Gasteiger charge is -2.40. The van der Waals surface area contributed by atoms with Crippen molar-refractivity contribution in [3.63, 3.8) is 0 Å². The molecular formula is C47H52Cl2N2O9. The average molecular weight is 860 g/mol. The zero-order valence-corrected chi connectivity index (χ0v) is 35.5. The molecule has 4 aromatic carbocycles.